The normalized spacial score (nSPS) is 12.4. The highest BCUT2D eigenvalue weighted by Crippen LogP contribution is 2.19. The van der Waals surface area contributed by atoms with Crippen LogP contribution in [0.4, 0.5) is 5.69 Å². The topological polar surface area (TPSA) is 57.4 Å². The monoisotopic (exact) mass is 248 g/mol. The van der Waals surface area contributed by atoms with Crippen molar-refractivity contribution < 1.29 is 9.47 Å². The maximum absolute atomic E-state index is 5.70. The molecule has 0 radical (unpaired) electrons. The number of nitrogens with zero attached hydrogens (tertiary/aromatic N) is 1. The molecule has 0 fully saturated rings. The summed E-state index contributed by atoms with van der Waals surface area (Å²) in [6.45, 7) is 8.28. The summed E-state index contributed by atoms with van der Waals surface area (Å²) in [6, 6.07) is 1.83. The molecule has 0 aliphatic carbocycles. The minimum atomic E-state index is 0.554. The van der Waals surface area contributed by atoms with E-state index in [0.29, 0.717) is 23.9 Å². The molecule has 0 unspecified atom stereocenters. The van der Waals surface area contributed by atoms with Gasteiger partial charge in [-0.3, -0.25) is 0 Å². The zero-order valence-corrected chi connectivity index (χ0v) is 11.4. The lowest BCUT2D eigenvalue weighted by Gasteiger charge is -2.09. The summed E-state index contributed by atoms with van der Waals surface area (Å²) >= 11 is 0. The molecule has 1 aromatic heterocycles. The fourth-order valence-corrected chi connectivity index (χ4v) is 1.44. The van der Waals surface area contributed by atoms with Crippen LogP contribution >= 0.6 is 0 Å². The van der Waals surface area contributed by atoms with E-state index in [1.807, 2.05) is 45.9 Å². The van der Waals surface area contributed by atoms with Crippen molar-refractivity contribution in [1.29, 1.82) is 0 Å². The van der Waals surface area contributed by atoms with Crippen molar-refractivity contribution in [3.63, 3.8) is 0 Å². The molecule has 1 heterocycles. The number of aromatic nitrogens is 1. The molecule has 0 aliphatic heterocycles. The van der Waals surface area contributed by atoms with Crippen molar-refractivity contribution in [2.24, 2.45) is 0 Å². The molecule has 4 heteroatoms. The summed E-state index contributed by atoms with van der Waals surface area (Å²) in [5.74, 6) is 2.05. The molecular weight excluding hydrogens is 228 g/mol. The number of ether oxygens (including phenoxy) is 2. The lowest BCUT2D eigenvalue weighted by molar-refractivity contribution is 0.229. The van der Waals surface area contributed by atoms with Gasteiger partial charge in [-0.2, -0.15) is 0 Å². The van der Waals surface area contributed by atoms with Gasteiger partial charge in [0, 0.05) is 11.6 Å². The quantitative estimate of drug-likeness (QED) is 0.642. The molecule has 0 aromatic carbocycles. The predicted molar refractivity (Wildman–Crippen MR) is 73.2 cm³/mol. The number of allylic oxidation sites excluding steroid dienone is 3. The standard InChI is InChI=1S/C14H20N2O2/c1-5-13(8-11(4)17-6-2)18-14-10(3)7-12(15)9-16-14/h5,7-9H,6,15H2,1-4H3/b11-8+,13-5+. The van der Waals surface area contributed by atoms with Gasteiger partial charge in [0.15, 0.2) is 0 Å². The molecule has 0 amide bonds. The number of nitrogens with two attached hydrogens (primary N) is 1. The molecule has 0 bridgehead atoms. The third-order valence-electron chi connectivity index (χ3n) is 2.27. The summed E-state index contributed by atoms with van der Waals surface area (Å²) in [4.78, 5) is 4.16. The number of hydrogen-bond acceptors (Lipinski definition) is 4. The highest BCUT2D eigenvalue weighted by molar-refractivity contribution is 5.42. The van der Waals surface area contributed by atoms with Crippen LogP contribution in [0.25, 0.3) is 0 Å². The van der Waals surface area contributed by atoms with Crippen LogP contribution in [-0.4, -0.2) is 11.6 Å². The summed E-state index contributed by atoms with van der Waals surface area (Å²) in [5, 5.41) is 0. The highest BCUT2D eigenvalue weighted by Gasteiger charge is 2.04. The van der Waals surface area contributed by atoms with Gasteiger partial charge in [-0.05, 0) is 39.8 Å². The Morgan fingerprint density at radius 2 is 2.22 bits per heavy atom. The van der Waals surface area contributed by atoms with Crippen LogP contribution in [0, 0.1) is 6.92 Å². The van der Waals surface area contributed by atoms with E-state index in [0.717, 1.165) is 11.3 Å². The summed E-state index contributed by atoms with van der Waals surface area (Å²) in [5.41, 5.74) is 7.17. The lowest BCUT2D eigenvalue weighted by Crippen LogP contribution is -1.99. The third kappa shape index (κ3) is 4.13. The molecule has 0 saturated heterocycles. The molecule has 4 nitrogen and oxygen atoms in total. The first-order chi connectivity index (χ1) is 8.56. The molecule has 0 saturated carbocycles. The molecular formula is C14H20N2O2. The van der Waals surface area contributed by atoms with Gasteiger partial charge in [0.1, 0.15) is 5.76 Å². The zero-order valence-electron chi connectivity index (χ0n) is 11.4. The molecule has 0 aliphatic rings. The van der Waals surface area contributed by atoms with Crippen LogP contribution in [0.3, 0.4) is 0 Å². The van der Waals surface area contributed by atoms with Crippen molar-refractivity contribution >= 4 is 5.69 Å². The summed E-state index contributed by atoms with van der Waals surface area (Å²) in [7, 11) is 0. The molecule has 98 valence electrons. The number of pyridine rings is 1. The van der Waals surface area contributed by atoms with Crippen LogP contribution in [0.15, 0.2) is 35.9 Å². The number of hydrogen-bond donors (Lipinski definition) is 1. The van der Waals surface area contributed by atoms with Crippen LogP contribution < -0.4 is 10.5 Å². The summed E-state index contributed by atoms with van der Waals surface area (Å²) in [6.07, 6.45) is 5.27. The molecule has 18 heavy (non-hydrogen) atoms. The van der Waals surface area contributed by atoms with Gasteiger partial charge in [-0.15, -0.1) is 0 Å². The molecule has 1 aromatic rings. The van der Waals surface area contributed by atoms with E-state index in [-0.39, 0.29) is 0 Å². The van der Waals surface area contributed by atoms with Crippen molar-refractivity contribution in [1.82, 2.24) is 4.98 Å². The van der Waals surface area contributed by atoms with Crippen LogP contribution in [0.2, 0.25) is 0 Å². The van der Waals surface area contributed by atoms with Crippen molar-refractivity contribution in [3.8, 4) is 5.88 Å². The van der Waals surface area contributed by atoms with Crippen LogP contribution in [0.1, 0.15) is 26.3 Å². The average molecular weight is 248 g/mol. The maximum Gasteiger partial charge on any atom is 0.222 e. The number of anilines is 1. The Labute approximate surface area is 108 Å². The van der Waals surface area contributed by atoms with E-state index in [2.05, 4.69) is 4.98 Å². The van der Waals surface area contributed by atoms with E-state index < -0.39 is 0 Å². The minimum absolute atomic E-state index is 0.554. The van der Waals surface area contributed by atoms with Crippen LogP contribution in [0.5, 0.6) is 5.88 Å². The number of rotatable bonds is 5. The fourth-order valence-electron chi connectivity index (χ4n) is 1.44. The Bertz CT molecular complexity index is 465. The van der Waals surface area contributed by atoms with E-state index in [9.17, 15) is 0 Å². The second-order valence-corrected chi connectivity index (χ2v) is 3.87. The fraction of sp³-hybridized carbons (Fsp3) is 0.357. The molecule has 2 N–H and O–H groups in total. The van der Waals surface area contributed by atoms with E-state index in [1.54, 1.807) is 6.20 Å². The predicted octanol–water partition coefficient (Wildman–Crippen LogP) is 3.20. The Hall–Kier alpha value is -1.97. The maximum atomic E-state index is 5.70. The van der Waals surface area contributed by atoms with Gasteiger partial charge in [-0.1, -0.05) is 0 Å². The van der Waals surface area contributed by atoms with E-state index in [1.165, 1.54) is 0 Å². The van der Waals surface area contributed by atoms with Gasteiger partial charge in [0.25, 0.3) is 0 Å². The van der Waals surface area contributed by atoms with E-state index >= 15 is 0 Å². The second-order valence-electron chi connectivity index (χ2n) is 3.87. The van der Waals surface area contributed by atoms with E-state index in [4.69, 9.17) is 15.2 Å². The van der Waals surface area contributed by atoms with Gasteiger partial charge in [0.05, 0.1) is 24.3 Å². The molecule has 1 rings (SSSR count). The first-order valence-electron chi connectivity index (χ1n) is 5.94. The Kier molecular flexibility index (Phi) is 5.24. The van der Waals surface area contributed by atoms with Crippen molar-refractivity contribution in [2.75, 3.05) is 12.3 Å². The minimum Gasteiger partial charge on any atom is -0.498 e. The first kappa shape index (κ1) is 14.1. The van der Waals surface area contributed by atoms with Crippen molar-refractivity contribution in [2.45, 2.75) is 27.7 Å². The molecule has 0 spiro atoms. The summed E-state index contributed by atoms with van der Waals surface area (Å²) < 4.78 is 11.1. The Morgan fingerprint density at radius 3 is 2.78 bits per heavy atom. The van der Waals surface area contributed by atoms with Crippen molar-refractivity contribution in [3.05, 3.63) is 41.5 Å². The second kappa shape index (κ2) is 6.69. The zero-order chi connectivity index (χ0) is 13.5. The number of aryl methyl sites for hydroxylation is 1. The molecule has 0 atom stereocenters. The van der Waals surface area contributed by atoms with Gasteiger partial charge < -0.3 is 15.2 Å². The van der Waals surface area contributed by atoms with Crippen LogP contribution in [-0.2, 0) is 4.74 Å². The smallest absolute Gasteiger partial charge is 0.222 e. The first-order valence-corrected chi connectivity index (χ1v) is 5.94. The Morgan fingerprint density at radius 1 is 1.50 bits per heavy atom. The largest absolute Gasteiger partial charge is 0.498 e. The van der Waals surface area contributed by atoms with Gasteiger partial charge in [0.2, 0.25) is 5.88 Å². The van der Waals surface area contributed by atoms with Gasteiger partial charge in [-0.25, -0.2) is 4.98 Å². The Balaban J connectivity index is 2.84. The SMILES string of the molecule is C/C=C(\C=C(/C)OCC)Oc1ncc(N)cc1C. The lowest BCUT2D eigenvalue weighted by atomic mass is 10.3. The average Bonchev–Trinajstić information content (AvgIpc) is 2.31. The number of nitrogen functional groups attached to an aromatic ring is 1. The third-order valence-corrected chi connectivity index (χ3v) is 2.27. The van der Waals surface area contributed by atoms with Gasteiger partial charge >= 0.3 is 0 Å². The highest BCUT2D eigenvalue weighted by atomic mass is 16.5.